The van der Waals surface area contributed by atoms with Crippen molar-refractivity contribution in [3.8, 4) is 0 Å². The summed E-state index contributed by atoms with van der Waals surface area (Å²) in [5.41, 5.74) is 4.15. The SMILES string of the molecule is Cc1[nH]c2ccccc2c1CCNC(=O)c1cccnc1.Cl. The van der Waals surface area contributed by atoms with Gasteiger partial charge in [0.2, 0.25) is 0 Å². The highest BCUT2D eigenvalue weighted by Crippen LogP contribution is 2.21. The number of H-pyrrole nitrogens is 1. The van der Waals surface area contributed by atoms with Crippen LogP contribution in [0.2, 0.25) is 0 Å². The van der Waals surface area contributed by atoms with Crippen LogP contribution < -0.4 is 5.32 Å². The smallest absolute Gasteiger partial charge is 0.252 e. The number of aromatic nitrogens is 2. The maximum atomic E-state index is 12.0. The number of halogens is 1. The highest BCUT2D eigenvalue weighted by molar-refractivity contribution is 5.93. The predicted molar refractivity (Wildman–Crippen MR) is 90.6 cm³/mol. The van der Waals surface area contributed by atoms with E-state index in [0.717, 1.165) is 17.6 Å². The van der Waals surface area contributed by atoms with Crippen molar-refractivity contribution < 1.29 is 4.79 Å². The molecule has 0 unspecified atom stereocenters. The van der Waals surface area contributed by atoms with Gasteiger partial charge in [-0.3, -0.25) is 9.78 Å². The fourth-order valence-electron chi connectivity index (χ4n) is 2.56. The summed E-state index contributed by atoms with van der Waals surface area (Å²) >= 11 is 0. The van der Waals surface area contributed by atoms with E-state index >= 15 is 0 Å². The molecular weight excluding hydrogens is 298 g/mol. The van der Waals surface area contributed by atoms with Gasteiger partial charge in [0, 0.05) is 35.5 Å². The number of aromatic amines is 1. The third-order valence-electron chi connectivity index (χ3n) is 3.61. The van der Waals surface area contributed by atoms with Crippen molar-refractivity contribution in [3.05, 3.63) is 65.6 Å². The molecule has 2 N–H and O–H groups in total. The molecule has 0 bridgehead atoms. The summed E-state index contributed by atoms with van der Waals surface area (Å²) in [4.78, 5) is 19.3. The summed E-state index contributed by atoms with van der Waals surface area (Å²) in [6.45, 7) is 2.68. The molecule has 0 aliphatic heterocycles. The minimum atomic E-state index is -0.0828. The summed E-state index contributed by atoms with van der Waals surface area (Å²) in [6.07, 6.45) is 4.04. The van der Waals surface area contributed by atoms with E-state index in [2.05, 4.69) is 34.3 Å². The van der Waals surface area contributed by atoms with Gasteiger partial charge in [0.25, 0.3) is 5.91 Å². The lowest BCUT2D eigenvalue weighted by Crippen LogP contribution is -2.25. The molecule has 3 rings (SSSR count). The van der Waals surface area contributed by atoms with Gasteiger partial charge in [-0.1, -0.05) is 18.2 Å². The van der Waals surface area contributed by atoms with Crippen molar-refractivity contribution >= 4 is 29.2 Å². The van der Waals surface area contributed by atoms with Crippen LogP contribution in [0.15, 0.2) is 48.8 Å². The molecule has 5 heteroatoms. The molecule has 0 fully saturated rings. The van der Waals surface area contributed by atoms with Gasteiger partial charge >= 0.3 is 0 Å². The molecule has 0 spiro atoms. The topological polar surface area (TPSA) is 57.8 Å². The minimum Gasteiger partial charge on any atom is -0.358 e. The monoisotopic (exact) mass is 315 g/mol. The van der Waals surface area contributed by atoms with Crippen LogP contribution in [0.5, 0.6) is 0 Å². The molecule has 0 atom stereocenters. The molecule has 0 aliphatic carbocycles. The Kier molecular flexibility index (Phi) is 5.17. The summed E-state index contributed by atoms with van der Waals surface area (Å²) in [5, 5.41) is 4.16. The zero-order valence-corrected chi connectivity index (χ0v) is 13.1. The number of benzene rings is 1. The standard InChI is InChI=1S/C17H17N3O.ClH/c1-12-14(15-6-2-3-7-16(15)20-12)8-10-19-17(21)13-5-4-9-18-11-13;/h2-7,9,11,20H,8,10H2,1H3,(H,19,21);1H. The third kappa shape index (κ3) is 3.28. The number of rotatable bonds is 4. The Hall–Kier alpha value is -2.33. The number of fused-ring (bicyclic) bond motifs is 1. The highest BCUT2D eigenvalue weighted by atomic mass is 35.5. The van der Waals surface area contributed by atoms with Crippen molar-refractivity contribution in [2.75, 3.05) is 6.54 Å². The van der Waals surface area contributed by atoms with Crippen LogP contribution in [-0.4, -0.2) is 22.4 Å². The van der Waals surface area contributed by atoms with Gasteiger partial charge in [-0.05, 0) is 37.1 Å². The molecule has 0 aliphatic rings. The second-order valence-corrected chi connectivity index (χ2v) is 5.02. The average molecular weight is 316 g/mol. The van der Waals surface area contributed by atoms with E-state index in [1.807, 2.05) is 12.1 Å². The first kappa shape index (κ1) is 16.0. The van der Waals surface area contributed by atoms with Crippen LogP contribution in [0.1, 0.15) is 21.6 Å². The summed E-state index contributed by atoms with van der Waals surface area (Å²) < 4.78 is 0. The van der Waals surface area contributed by atoms with Gasteiger partial charge < -0.3 is 10.3 Å². The van der Waals surface area contributed by atoms with E-state index in [9.17, 15) is 4.79 Å². The van der Waals surface area contributed by atoms with Crippen molar-refractivity contribution in [3.63, 3.8) is 0 Å². The van der Waals surface area contributed by atoms with Crippen molar-refractivity contribution in [2.24, 2.45) is 0 Å². The number of hydrogen-bond donors (Lipinski definition) is 2. The Morgan fingerprint density at radius 3 is 2.82 bits per heavy atom. The molecule has 1 aromatic carbocycles. The second kappa shape index (κ2) is 7.09. The molecule has 2 aromatic heterocycles. The molecule has 22 heavy (non-hydrogen) atoms. The quantitative estimate of drug-likeness (QED) is 0.776. The van der Waals surface area contributed by atoms with Crippen LogP contribution in [0.3, 0.4) is 0 Å². The van der Waals surface area contributed by atoms with Gasteiger partial charge in [-0.15, -0.1) is 12.4 Å². The maximum absolute atomic E-state index is 12.0. The van der Waals surface area contributed by atoms with E-state index in [0.29, 0.717) is 12.1 Å². The number of aryl methyl sites for hydroxylation is 1. The van der Waals surface area contributed by atoms with Crippen molar-refractivity contribution in [1.29, 1.82) is 0 Å². The predicted octanol–water partition coefficient (Wildman–Crippen LogP) is 3.27. The zero-order chi connectivity index (χ0) is 14.7. The molecule has 2 heterocycles. The third-order valence-corrected chi connectivity index (χ3v) is 3.61. The number of amides is 1. The number of hydrogen-bond acceptors (Lipinski definition) is 2. The summed E-state index contributed by atoms with van der Waals surface area (Å²) in [5.74, 6) is -0.0828. The normalized spacial score (nSPS) is 10.2. The Balaban J connectivity index is 0.00000176. The fourth-order valence-corrected chi connectivity index (χ4v) is 2.56. The molecule has 0 saturated heterocycles. The first-order valence-electron chi connectivity index (χ1n) is 7.00. The first-order valence-corrected chi connectivity index (χ1v) is 7.00. The minimum absolute atomic E-state index is 0. The number of nitrogens with one attached hydrogen (secondary N) is 2. The molecule has 0 radical (unpaired) electrons. The van der Waals surface area contributed by atoms with Crippen molar-refractivity contribution in [1.82, 2.24) is 15.3 Å². The van der Waals surface area contributed by atoms with Gasteiger partial charge in [-0.2, -0.15) is 0 Å². The molecule has 1 amide bonds. The van der Waals surface area contributed by atoms with Crippen LogP contribution in [0.25, 0.3) is 10.9 Å². The lowest BCUT2D eigenvalue weighted by Gasteiger charge is -2.05. The lowest BCUT2D eigenvalue weighted by atomic mass is 10.1. The summed E-state index contributed by atoms with van der Waals surface area (Å²) in [6, 6.07) is 11.8. The van der Waals surface area contributed by atoms with Crippen LogP contribution in [0, 0.1) is 6.92 Å². The fraction of sp³-hybridized carbons (Fsp3) is 0.176. The number of pyridine rings is 1. The van der Waals surface area contributed by atoms with Crippen molar-refractivity contribution in [2.45, 2.75) is 13.3 Å². The Bertz CT molecular complexity index is 768. The van der Waals surface area contributed by atoms with Gasteiger partial charge in [0.1, 0.15) is 0 Å². The number of carbonyl (C=O) groups excluding carboxylic acids is 1. The molecule has 0 saturated carbocycles. The van der Waals surface area contributed by atoms with Gasteiger partial charge in [0.05, 0.1) is 5.56 Å². The zero-order valence-electron chi connectivity index (χ0n) is 12.3. The van der Waals surface area contributed by atoms with Gasteiger partial charge in [0.15, 0.2) is 0 Å². The lowest BCUT2D eigenvalue weighted by molar-refractivity contribution is 0.0954. The average Bonchev–Trinajstić information content (AvgIpc) is 2.84. The van der Waals surface area contributed by atoms with Crippen LogP contribution in [0.4, 0.5) is 0 Å². The largest absolute Gasteiger partial charge is 0.358 e. The molecular formula is C17H18ClN3O. The summed E-state index contributed by atoms with van der Waals surface area (Å²) in [7, 11) is 0. The van der Waals surface area contributed by atoms with E-state index < -0.39 is 0 Å². The van der Waals surface area contributed by atoms with Crippen LogP contribution in [-0.2, 0) is 6.42 Å². The second-order valence-electron chi connectivity index (χ2n) is 5.02. The number of carbonyl (C=O) groups is 1. The van der Waals surface area contributed by atoms with Gasteiger partial charge in [-0.25, -0.2) is 0 Å². The van der Waals surface area contributed by atoms with E-state index in [1.165, 1.54) is 10.9 Å². The molecule has 3 aromatic rings. The first-order chi connectivity index (χ1) is 10.3. The van der Waals surface area contributed by atoms with E-state index in [-0.39, 0.29) is 18.3 Å². The van der Waals surface area contributed by atoms with E-state index in [4.69, 9.17) is 0 Å². The maximum Gasteiger partial charge on any atom is 0.252 e. The molecule has 4 nitrogen and oxygen atoms in total. The van der Waals surface area contributed by atoms with E-state index in [1.54, 1.807) is 24.5 Å². The Labute approximate surface area is 135 Å². The Morgan fingerprint density at radius 2 is 2.05 bits per heavy atom. The molecule has 114 valence electrons. The van der Waals surface area contributed by atoms with Crippen LogP contribution >= 0.6 is 12.4 Å². The number of para-hydroxylation sites is 1. The number of nitrogens with zero attached hydrogens (tertiary/aromatic N) is 1. The highest BCUT2D eigenvalue weighted by Gasteiger charge is 2.09. The Morgan fingerprint density at radius 1 is 1.23 bits per heavy atom.